The Bertz CT molecular complexity index is 860. The lowest BCUT2D eigenvalue weighted by molar-refractivity contribution is 0.211. The minimum Gasteiger partial charge on any atom is -0.382 e. The first-order valence-corrected chi connectivity index (χ1v) is 8.51. The van der Waals surface area contributed by atoms with Crippen LogP contribution >= 0.6 is 0 Å². The van der Waals surface area contributed by atoms with E-state index >= 15 is 0 Å². The summed E-state index contributed by atoms with van der Waals surface area (Å²) in [5, 5.41) is 3.60. The Balaban J connectivity index is 1.34. The molecule has 4 rings (SSSR count). The number of imidazole rings is 1. The third kappa shape index (κ3) is 3.36. The second-order valence-corrected chi connectivity index (χ2v) is 6.52. The molecule has 2 heterocycles. The van der Waals surface area contributed by atoms with E-state index in [1.165, 1.54) is 5.56 Å². The minimum atomic E-state index is -0.156. The highest BCUT2D eigenvalue weighted by Gasteiger charge is 2.19. The fraction of sp³-hybridized carbons (Fsp3) is 0.316. The van der Waals surface area contributed by atoms with Gasteiger partial charge in [0.1, 0.15) is 0 Å². The van der Waals surface area contributed by atoms with Crippen LogP contribution in [0.15, 0.2) is 53.3 Å². The number of hydrogen-bond acceptors (Lipinski definition) is 3. The van der Waals surface area contributed by atoms with E-state index in [4.69, 9.17) is 0 Å². The van der Waals surface area contributed by atoms with Crippen molar-refractivity contribution in [2.45, 2.75) is 25.4 Å². The van der Waals surface area contributed by atoms with Crippen LogP contribution in [-0.4, -0.2) is 34.0 Å². The number of likely N-dealkylation sites (tertiary alicyclic amines) is 1. The van der Waals surface area contributed by atoms with Crippen molar-refractivity contribution in [3.63, 3.8) is 0 Å². The second kappa shape index (κ2) is 6.53. The quantitative estimate of drug-likeness (QED) is 0.692. The lowest BCUT2D eigenvalue weighted by Crippen LogP contribution is -2.38. The van der Waals surface area contributed by atoms with Crippen molar-refractivity contribution in [3.05, 3.63) is 64.6 Å². The number of fused-ring (bicyclic) bond motifs is 1. The number of piperidine rings is 1. The van der Waals surface area contributed by atoms with E-state index in [2.05, 4.69) is 50.5 Å². The zero-order chi connectivity index (χ0) is 16.4. The molecule has 0 amide bonds. The highest BCUT2D eigenvalue weighted by atomic mass is 16.1. The Morgan fingerprint density at radius 1 is 1.00 bits per heavy atom. The summed E-state index contributed by atoms with van der Waals surface area (Å²) in [6.45, 7) is 3.25. The van der Waals surface area contributed by atoms with Crippen molar-refractivity contribution in [1.29, 1.82) is 0 Å². The monoisotopic (exact) mass is 322 g/mol. The lowest BCUT2D eigenvalue weighted by atomic mass is 10.0. The standard InChI is InChI=1S/C19H22N4O/c24-19-21-17-7-6-16(12-18(17)22-19)20-15-8-10-23(11-9-15)13-14-4-2-1-3-5-14/h1-7,12,15,20H,8-11,13H2,(H2,21,22,24). The van der Waals surface area contributed by atoms with Gasteiger partial charge in [-0.2, -0.15) is 0 Å². The molecule has 124 valence electrons. The summed E-state index contributed by atoms with van der Waals surface area (Å²) in [7, 11) is 0. The highest BCUT2D eigenvalue weighted by Crippen LogP contribution is 2.20. The summed E-state index contributed by atoms with van der Waals surface area (Å²) >= 11 is 0. The third-order valence-electron chi connectivity index (χ3n) is 4.72. The first kappa shape index (κ1) is 15.0. The van der Waals surface area contributed by atoms with Crippen LogP contribution in [0.25, 0.3) is 11.0 Å². The molecule has 0 spiro atoms. The predicted octanol–water partition coefficient (Wildman–Crippen LogP) is 2.93. The van der Waals surface area contributed by atoms with Gasteiger partial charge in [-0.25, -0.2) is 4.79 Å². The predicted molar refractivity (Wildman–Crippen MR) is 97.3 cm³/mol. The Kier molecular flexibility index (Phi) is 4.09. The van der Waals surface area contributed by atoms with Gasteiger partial charge < -0.3 is 15.3 Å². The number of nitrogens with one attached hydrogen (secondary N) is 3. The SMILES string of the molecule is O=c1[nH]c2ccc(NC3CCN(Cc4ccccc4)CC3)cc2[nH]1. The Morgan fingerprint density at radius 2 is 1.75 bits per heavy atom. The Morgan fingerprint density at radius 3 is 2.54 bits per heavy atom. The van der Waals surface area contributed by atoms with Crippen molar-refractivity contribution < 1.29 is 0 Å². The number of aromatic amines is 2. The summed E-state index contributed by atoms with van der Waals surface area (Å²) in [6.07, 6.45) is 2.27. The minimum absolute atomic E-state index is 0.156. The van der Waals surface area contributed by atoms with Crippen molar-refractivity contribution in [2.75, 3.05) is 18.4 Å². The average molecular weight is 322 g/mol. The molecule has 1 saturated heterocycles. The van der Waals surface area contributed by atoms with Crippen LogP contribution in [0, 0.1) is 0 Å². The van der Waals surface area contributed by atoms with E-state index in [1.807, 2.05) is 18.2 Å². The number of benzene rings is 2. The molecule has 3 N–H and O–H groups in total. The summed E-state index contributed by atoms with van der Waals surface area (Å²) in [6, 6.07) is 17.1. The Labute approximate surface area is 140 Å². The van der Waals surface area contributed by atoms with E-state index in [0.29, 0.717) is 6.04 Å². The molecule has 1 aromatic heterocycles. The smallest absolute Gasteiger partial charge is 0.323 e. The molecular weight excluding hydrogens is 300 g/mol. The molecule has 24 heavy (non-hydrogen) atoms. The fourth-order valence-electron chi connectivity index (χ4n) is 3.44. The van der Waals surface area contributed by atoms with Crippen LogP contribution in [-0.2, 0) is 6.54 Å². The molecule has 0 bridgehead atoms. The van der Waals surface area contributed by atoms with Crippen molar-refractivity contribution in [3.8, 4) is 0 Å². The van der Waals surface area contributed by atoms with Gasteiger partial charge in [0.25, 0.3) is 0 Å². The van der Waals surface area contributed by atoms with Gasteiger partial charge in [0.15, 0.2) is 0 Å². The molecule has 1 aliphatic heterocycles. The van der Waals surface area contributed by atoms with Crippen molar-refractivity contribution >= 4 is 16.7 Å². The van der Waals surface area contributed by atoms with Gasteiger partial charge in [-0.15, -0.1) is 0 Å². The van der Waals surface area contributed by atoms with Gasteiger partial charge >= 0.3 is 5.69 Å². The third-order valence-corrected chi connectivity index (χ3v) is 4.72. The molecule has 1 aliphatic rings. The zero-order valence-electron chi connectivity index (χ0n) is 13.6. The molecule has 1 fully saturated rings. The topological polar surface area (TPSA) is 63.9 Å². The summed E-state index contributed by atoms with van der Waals surface area (Å²) < 4.78 is 0. The van der Waals surface area contributed by atoms with E-state index in [9.17, 15) is 4.79 Å². The average Bonchev–Trinajstić information content (AvgIpc) is 2.97. The van der Waals surface area contributed by atoms with Crippen LogP contribution in [0.2, 0.25) is 0 Å². The van der Waals surface area contributed by atoms with Gasteiger partial charge in [-0.1, -0.05) is 30.3 Å². The van der Waals surface area contributed by atoms with Crippen LogP contribution in [0.1, 0.15) is 18.4 Å². The van der Waals surface area contributed by atoms with Gasteiger partial charge in [0, 0.05) is 31.4 Å². The number of aromatic nitrogens is 2. The summed E-state index contributed by atoms with van der Waals surface area (Å²) in [5.41, 5.74) is 4.00. The molecule has 0 radical (unpaired) electrons. The van der Waals surface area contributed by atoms with Gasteiger partial charge in [0.05, 0.1) is 11.0 Å². The maximum Gasteiger partial charge on any atom is 0.323 e. The number of anilines is 1. The van der Waals surface area contributed by atoms with Crippen LogP contribution in [0.5, 0.6) is 0 Å². The molecule has 5 nitrogen and oxygen atoms in total. The Hall–Kier alpha value is -2.53. The molecule has 0 saturated carbocycles. The molecular formula is C19H22N4O. The maximum atomic E-state index is 11.3. The van der Waals surface area contributed by atoms with Gasteiger partial charge in [0.2, 0.25) is 0 Å². The highest BCUT2D eigenvalue weighted by molar-refractivity contribution is 5.78. The fourth-order valence-corrected chi connectivity index (χ4v) is 3.44. The van der Waals surface area contributed by atoms with E-state index in [-0.39, 0.29) is 5.69 Å². The van der Waals surface area contributed by atoms with Crippen LogP contribution in [0.4, 0.5) is 5.69 Å². The molecule has 5 heteroatoms. The number of rotatable bonds is 4. The largest absolute Gasteiger partial charge is 0.382 e. The normalized spacial score (nSPS) is 16.5. The summed E-state index contributed by atoms with van der Waals surface area (Å²) in [4.78, 5) is 19.4. The van der Waals surface area contributed by atoms with Crippen molar-refractivity contribution in [1.82, 2.24) is 14.9 Å². The molecule has 2 aromatic carbocycles. The van der Waals surface area contributed by atoms with Crippen LogP contribution in [0.3, 0.4) is 0 Å². The summed E-state index contributed by atoms with van der Waals surface area (Å²) in [5.74, 6) is 0. The van der Waals surface area contributed by atoms with Gasteiger partial charge in [-0.05, 0) is 36.6 Å². The molecule has 0 unspecified atom stereocenters. The number of nitrogens with zero attached hydrogens (tertiary/aromatic N) is 1. The lowest BCUT2D eigenvalue weighted by Gasteiger charge is -2.32. The van der Waals surface area contributed by atoms with Crippen molar-refractivity contribution in [2.24, 2.45) is 0 Å². The number of hydrogen-bond donors (Lipinski definition) is 3. The van der Waals surface area contributed by atoms with Gasteiger partial charge in [-0.3, -0.25) is 4.90 Å². The first-order valence-electron chi connectivity index (χ1n) is 8.51. The molecule has 3 aromatic rings. The van der Waals surface area contributed by atoms with E-state index in [1.54, 1.807) is 0 Å². The second-order valence-electron chi connectivity index (χ2n) is 6.52. The molecule has 0 aliphatic carbocycles. The number of H-pyrrole nitrogens is 2. The van der Waals surface area contributed by atoms with E-state index < -0.39 is 0 Å². The maximum absolute atomic E-state index is 11.3. The van der Waals surface area contributed by atoms with E-state index in [0.717, 1.165) is 49.2 Å². The molecule has 0 atom stereocenters. The zero-order valence-corrected chi connectivity index (χ0v) is 13.6. The first-order chi connectivity index (χ1) is 11.8. The van der Waals surface area contributed by atoms with Crippen LogP contribution < -0.4 is 11.0 Å².